The highest BCUT2D eigenvalue weighted by Gasteiger charge is 2.39. The first-order valence-electron chi connectivity index (χ1n) is 10.4. The summed E-state index contributed by atoms with van der Waals surface area (Å²) < 4.78 is 5.16. The van der Waals surface area contributed by atoms with Crippen LogP contribution in [0.4, 0.5) is 17.1 Å². The van der Waals surface area contributed by atoms with E-state index in [4.69, 9.17) is 9.73 Å². The fourth-order valence-corrected chi connectivity index (χ4v) is 4.48. The first-order valence-corrected chi connectivity index (χ1v) is 11.3. The number of hydrogen-bond acceptors (Lipinski definition) is 7. The number of para-hydroxylation sites is 1. The van der Waals surface area contributed by atoms with Crippen molar-refractivity contribution in [1.29, 1.82) is 0 Å². The monoisotopic (exact) mass is 470 g/mol. The van der Waals surface area contributed by atoms with Gasteiger partial charge in [0.15, 0.2) is 5.17 Å². The average molecular weight is 471 g/mol. The molecule has 10 heteroatoms. The number of amides is 2. The summed E-state index contributed by atoms with van der Waals surface area (Å²) in [5.74, 6) is -0.152. The molecule has 0 aromatic heterocycles. The van der Waals surface area contributed by atoms with Gasteiger partial charge in [0.1, 0.15) is 11.0 Å². The molecule has 3 rings (SSSR count). The Morgan fingerprint density at radius 1 is 1.30 bits per heavy atom. The Hall–Kier alpha value is -3.40. The highest BCUT2D eigenvalue weighted by atomic mass is 32.2. The van der Waals surface area contributed by atoms with Crippen molar-refractivity contribution in [2.45, 2.75) is 32.4 Å². The van der Waals surface area contributed by atoms with Crippen molar-refractivity contribution in [1.82, 2.24) is 4.90 Å². The lowest BCUT2D eigenvalue weighted by Gasteiger charge is -2.19. The van der Waals surface area contributed by atoms with Crippen LogP contribution in [0.2, 0.25) is 0 Å². The Morgan fingerprint density at radius 2 is 2.03 bits per heavy atom. The zero-order valence-electron chi connectivity index (χ0n) is 18.9. The summed E-state index contributed by atoms with van der Waals surface area (Å²) in [6, 6.07) is 11.6. The summed E-state index contributed by atoms with van der Waals surface area (Å²) in [5.41, 5.74) is 1.93. The van der Waals surface area contributed by atoms with Crippen LogP contribution in [0.5, 0.6) is 5.75 Å². The van der Waals surface area contributed by atoms with Crippen molar-refractivity contribution in [3.63, 3.8) is 0 Å². The summed E-state index contributed by atoms with van der Waals surface area (Å²) >= 11 is 1.27. The number of benzene rings is 2. The van der Waals surface area contributed by atoms with E-state index >= 15 is 0 Å². The summed E-state index contributed by atoms with van der Waals surface area (Å²) in [5, 5.41) is 13.6. The molecule has 2 aromatic carbocycles. The van der Waals surface area contributed by atoms with Crippen LogP contribution < -0.4 is 10.1 Å². The number of amidine groups is 1. The molecule has 0 saturated carbocycles. The van der Waals surface area contributed by atoms with Crippen molar-refractivity contribution in [2.24, 2.45) is 10.9 Å². The normalized spacial score (nSPS) is 17.0. The van der Waals surface area contributed by atoms with Crippen LogP contribution in [0.3, 0.4) is 0 Å². The average Bonchev–Trinajstić information content (AvgIpc) is 3.03. The number of ether oxygens (including phenoxy) is 1. The number of hydrogen-bond donors (Lipinski definition) is 1. The third kappa shape index (κ3) is 5.89. The van der Waals surface area contributed by atoms with Crippen LogP contribution in [-0.2, 0) is 9.59 Å². The highest BCUT2D eigenvalue weighted by molar-refractivity contribution is 8.15. The van der Waals surface area contributed by atoms with E-state index in [2.05, 4.69) is 5.32 Å². The van der Waals surface area contributed by atoms with Gasteiger partial charge < -0.3 is 10.1 Å². The van der Waals surface area contributed by atoms with Gasteiger partial charge in [0.05, 0.1) is 29.5 Å². The zero-order chi connectivity index (χ0) is 24.1. The minimum Gasteiger partial charge on any atom is -0.494 e. The number of nitro benzene ring substituents is 1. The fraction of sp³-hybridized carbons (Fsp3) is 0.348. The number of aliphatic imine (C=N–C) groups is 1. The third-order valence-corrected chi connectivity index (χ3v) is 6.12. The lowest BCUT2D eigenvalue weighted by Crippen LogP contribution is -2.36. The first kappa shape index (κ1) is 24.2. The van der Waals surface area contributed by atoms with Gasteiger partial charge in [-0.1, -0.05) is 43.8 Å². The number of non-ortho nitro benzene ring substituents is 1. The number of carbonyl (C=O) groups is 2. The van der Waals surface area contributed by atoms with Gasteiger partial charge in [0.2, 0.25) is 11.8 Å². The molecule has 2 amide bonds. The summed E-state index contributed by atoms with van der Waals surface area (Å²) in [6.07, 6.45) is -0.0645. The molecule has 1 atom stereocenters. The van der Waals surface area contributed by atoms with E-state index in [1.54, 1.807) is 4.90 Å². The number of nitrogens with zero attached hydrogens (tertiary/aromatic N) is 3. The van der Waals surface area contributed by atoms with E-state index in [0.717, 1.165) is 11.3 Å². The Bertz CT molecular complexity index is 1100. The van der Waals surface area contributed by atoms with Crippen LogP contribution in [0.25, 0.3) is 0 Å². The molecular weight excluding hydrogens is 444 g/mol. The first-order chi connectivity index (χ1) is 15.7. The van der Waals surface area contributed by atoms with Crippen LogP contribution >= 0.6 is 11.8 Å². The van der Waals surface area contributed by atoms with Crippen molar-refractivity contribution in [3.8, 4) is 5.75 Å². The Kier molecular flexibility index (Phi) is 7.70. The van der Waals surface area contributed by atoms with E-state index in [1.165, 1.54) is 37.1 Å². The van der Waals surface area contributed by atoms with Crippen molar-refractivity contribution in [2.75, 3.05) is 19.0 Å². The van der Waals surface area contributed by atoms with Gasteiger partial charge in [-0.15, -0.1) is 0 Å². The molecular formula is C23H26N4O5S. The van der Waals surface area contributed by atoms with Crippen molar-refractivity contribution >= 4 is 45.8 Å². The van der Waals surface area contributed by atoms with Crippen molar-refractivity contribution in [3.05, 3.63) is 58.1 Å². The molecule has 2 aromatic rings. The number of nitrogens with one attached hydrogen (secondary N) is 1. The van der Waals surface area contributed by atoms with E-state index in [1.807, 2.05) is 45.0 Å². The van der Waals surface area contributed by atoms with Gasteiger partial charge in [0, 0.05) is 19.0 Å². The zero-order valence-corrected chi connectivity index (χ0v) is 19.7. The van der Waals surface area contributed by atoms with Crippen LogP contribution in [-0.4, -0.2) is 45.7 Å². The standard InChI is InChI=1S/C23H26N4O5S/c1-14(2)13-26-22(29)20(33-23(26)25-17-8-6-5-7-15(17)3)12-21(28)24-18-10-9-16(27(30)31)11-19(18)32-4/h5-11,14,20H,12-13H2,1-4H3,(H,24,28). The fourth-order valence-electron chi connectivity index (χ4n) is 3.32. The molecule has 1 aliphatic rings. The van der Waals surface area contributed by atoms with Gasteiger partial charge in [-0.05, 0) is 30.5 Å². The lowest BCUT2D eigenvalue weighted by atomic mass is 10.2. The molecule has 33 heavy (non-hydrogen) atoms. The van der Waals surface area contributed by atoms with Gasteiger partial charge in [0.25, 0.3) is 5.69 Å². The molecule has 9 nitrogen and oxygen atoms in total. The minimum absolute atomic E-state index is 0.0645. The van der Waals surface area contributed by atoms with Gasteiger partial charge in [-0.25, -0.2) is 4.99 Å². The molecule has 1 heterocycles. The Balaban J connectivity index is 1.78. The number of thioether (sulfide) groups is 1. The Morgan fingerprint density at radius 3 is 2.67 bits per heavy atom. The topological polar surface area (TPSA) is 114 Å². The molecule has 0 bridgehead atoms. The lowest BCUT2D eigenvalue weighted by molar-refractivity contribution is -0.384. The highest BCUT2D eigenvalue weighted by Crippen LogP contribution is 2.34. The predicted molar refractivity (Wildman–Crippen MR) is 129 cm³/mol. The summed E-state index contributed by atoms with van der Waals surface area (Å²) in [4.78, 5) is 42.6. The van der Waals surface area contributed by atoms with E-state index in [-0.39, 0.29) is 29.7 Å². The van der Waals surface area contributed by atoms with E-state index in [9.17, 15) is 19.7 Å². The van der Waals surface area contributed by atoms with Crippen LogP contribution in [0, 0.1) is 23.0 Å². The largest absolute Gasteiger partial charge is 0.494 e. The molecule has 1 N–H and O–H groups in total. The number of aryl methyl sites for hydroxylation is 1. The van der Waals surface area contributed by atoms with E-state index < -0.39 is 16.1 Å². The van der Waals surface area contributed by atoms with Crippen LogP contribution in [0.1, 0.15) is 25.8 Å². The number of nitro groups is 1. The molecule has 1 unspecified atom stereocenters. The molecule has 0 aliphatic carbocycles. The summed E-state index contributed by atoms with van der Waals surface area (Å²) in [6.45, 7) is 6.50. The maximum absolute atomic E-state index is 13.1. The molecule has 0 radical (unpaired) electrons. The number of rotatable bonds is 8. The molecule has 1 fully saturated rings. The second-order valence-corrected chi connectivity index (χ2v) is 9.19. The maximum Gasteiger partial charge on any atom is 0.273 e. The van der Waals surface area contributed by atoms with Crippen molar-refractivity contribution < 1.29 is 19.2 Å². The minimum atomic E-state index is -0.615. The molecule has 1 saturated heterocycles. The van der Waals surface area contributed by atoms with Gasteiger partial charge >= 0.3 is 0 Å². The second kappa shape index (κ2) is 10.5. The SMILES string of the molecule is COc1cc([N+](=O)[O-])ccc1NC(=O)CC1SC(=Nc2ccccc2C)N(CC(C)C)C1=O. The maximum atomic E-state index is 13.1. The predicted octanol–water partition coefficient (Wildman–Crippen LogP) is 4.53. The smallest absolute Gasteiger partial charge is 0.273 e. The Labute approximate surface area is 196 Å². The number of carbonyl (C=O) groups excluding carboxylic acids is 2. The number of methoxy groups -OCH3 is 1. The van der Waals surface area contributed by atoms with Crippen LogP contribution in [0.15, 0.2) is 47.5 Å². The molecule has 174 valence electrons. The third-order valence-electron chi connectivity index (χ3n) is 4.94. The summed E-state index contributed by atoms with van der Waals surface area (Å²) in [7, 11) is 1.36. The molecule has 0 spiro atoms. The second-order valence-electron chi connectivity index (χ2n) is 8.02. The van der Waals surface area contributed by atoms with Gasteiger partial charge in [-0.3, -0.25) is 24.6 Å². The van der Waals surface area contributed by atoms with E-state index in [0.29, 0.717) is 17.4 Å². The van der Waals surface area contributed by atoms with Gasteiger partial charge in [-0.2, -0.15) is 0 Å². The quantitative estimate of drug-likeness (QED) is 0.448. The molecule has 1 aliphatic heterocycles. The number of anilines is 1.